The summed E-state index contributed by atoms with van der Waals surface area (Å²) in [5, 5.41) is 2.08. The van der Waals surface area contributed by atoms with Gasteiger partial charge in [-0.1, -0.05) is 6.07 Å². The summed E-state index contributed by atoms with van der Waals surface area (Å²) in [5.41, 5.74) is 5.48. The molecule has 140 valence electrons. The molecule has 0 bridgehead atoms. The standard InChI is InChI=1S/C24H15N6/c1-2-16-4-6-23(29-24(16)27-8-1)30-11-7-18-12-19(14-28-22(18)15-30)17-3-5-20-21(13-17)26-10-9-25-20/h1-15H/q+1. The highest BCUT2D eigenvalue weighted by atomic mass is 15.1. The van der Waals surface area contributed by atoms with Gasteiger partial charge < -0.3 is 0 Å². The first-order chi connectivity index (χ1) is 14.8. The van der Waals surface area contributed by atoms with Crippen molar-refractivity contribution in [2.24, 2.45) is 0 Å². The van der Waals surface area contributed by atoms with Gasteiger partial charge in [-0.15, -0.1) is 0 Å². The average Bonchev–Trinajstić information content (AvgIpc) is 2.83. The minimum absolute atomic E-state index is 0.727. The van der Waals surface area contributed by atoms with E-state index in [1.807, 2.05) is 59.6 Å². The molecule has 0 aliphatic carbocycles. The first-order valence-corrected chi connectivity index (χ1v) is 9.58. The minimum Gasteiger partial charge on any atom is -0.253 e. The van der Waals surface area contributed by atoms with Gasteiger partial charge in [-0.25, -0.2) is 9.55 Å². The molecule has 6 rings (SSSR count). The van der Waals surface area contributed by atoms with Gasteiger partial charge in [0.15, 0.2) is 0 Å². The molecule has 0 saturated carbocycles. The van der Waals surface area contributed by atoms with Gasteiger partial charge in [-0.3, -0.25) is 15.0 Å². The zero-order chi connectivity index (χ0) is 19.9. The molecule has 0 amide bonds. The van der Waals surface area contributed by atoms with E-state index in [4.69, 9.17) is 0 Å². The van der Waals surface area contributed by atoms with Gasteiger partial charge in [0.05, 0.1) is 17.2 Å². The number of rotatable bonds is 2. The van der Waals surface area contributed by atoms with Gasteiger partial charge in [0.2, 0.25) is 0 Å². The molecule has 0 fully saturated rings. The highest BCUT2D eigenvalue weighted by Crippen LogP contribution is 2.24. The number of hydrogen-bond donors (Lipinski definition) is 0. The third kappa shape index (κ3) is 2.82. The third-order valence-electron chi connectivity index (χ3n) is 5.14. The molecule has 0 aliphatic heterocycles. The van der Waals surface area contributed by atoms with Gasteiger partial charge in [-0.05, 0) is 53.0 Å². The number of fused-ring (bicyclic) bond motifs is 3. The van der Waals surface area contributed by atoms with E-state index in [1.54, 1.807) is 18.6 Å². The van der Waals surface area contributed by atoms with Gasteiger partial charge in [0.25, 0.3) is 5.65 Å². The molecular formula is C24H15N6+. The summed E-state index contributed by atoms with van der Waals surface area (Å²) >= 11 is 0. The van der Waals surface area contributed by atoms with Gasteiger partial charge >= 0.3 is 5.82 Å². The summed E-state index contributed by atoms with van der Waals surface area (Å²) in [6, 6.07) is 18.2. The second-order valence-electron chi connectivity index (χ2n) is 7.03. The Labute approximate surface area is 171 Å². The second-order valence-corrected chi connectivity index (χ2v) is 7.03. The van der Waals surface area contributed by atoms with Crippen LogP contribution in [0.3, 0.4) is 0 Å². The molecular weight excluding hydrogens is 372 g/mol. The normalized spacial score (nSPS) is 11.3. The molecule has 0 spiro atoms. The summed E-state index contributed by atoms with van der Waals surface area (Å²) < 4.78 is 1.97. The Hall–Kier alpha value is -4.32. The van der Waals surface area contributed by atoms with Crippen molar-refractivity contribution >= 4 is 33.0 Å². The lowest BCUT2D eigenvalue weighted by Gasteiger charge is -2.05. The Kier molecular flexibility index (Phi) is 3.67. The quantitative estimate of drug-likeness (QED) is 0.419. The lowest BCUT2D eigenvalue weighted by atomic mass is 10.1. The molecule has 0 N–H and O–H groups in total. The lowest BCUT2D eigenvalue weighted by molar-refractivity contribution is -0.598. The van der Waals surface area contributed by atoms with Crippen molar-refractivity contribution in [1.82, 2.24) is 24.9 Å². The molecule has 0 aliphatic rings. The van der Waals surface area contributed by atoms with E-state index < -0.39 is 0 Å². The van der Waals surface area contributed by atoms with E-state index in [1.165, 1.54) is 0 Å². The van der Waals surface area contributed by atoms with Gasteiger partial charge in [0, 0.05) is 47.2 Å². The number of hydrogen-bond acceptors (Lipinski definition) is 5. The summed E-state index contributed by atoms with van der Waals surface area (Å²) in [5.74, 6) is 0.807. The molecule has 6 nitrogen and oxygen atoms in total. The summed E-state index contributed by atoms with van der Waals surface area (Å²) in [6.45, 7) is 0. The Morgan fingerprint density at radius 3 is 2.53 bits per heavy atom. The predicted molar refractivity (Wildman–Crippen MR) is 115 cm³/mol. The minimum atomic E-state index is 0.727. The number of pyridine rings is 4. The highest BCUT2D eigenvalue weighted by Gasteiger charge is 2.12. The lowest BCUT2D eigenvalue weighted by Crippen LogP contribution is -2.30. The van der Waals surface area contributed by atoms with E-state index in [0.29, 0.717) is 0 Å². The van der Waals surface area contributed by atoms with E-state index in [9.17, 15) is 0 Å². The monoisotopic (exact) mass is 387 g/mol. The SMILES string of the molecule is c1cnc2nc(-[n+]3ccc4cc(-c5ccc6nccnc6c5)cnc4c3)ccc2c1. The van der Waals surface area contributed by atoms with Crippen molar-refractivity contribution in [3.05, 3.63) is 91.8 Å². The first-order valence-electron chi connectivity index (χ1n) is 9.58. The molecule has 5 heterocycles. The van der Waals surface area contributed by atoms with Crippen LogP contribution in [0.4, 0.5) is 0 Å². The van der Waals surface area contributed by atoms with E-state index in [2.05, 4.69) is 43.1 Å². The average molecular weight is 387 g/mol. The highest BCUT2D eigenvalue weighted by molar-refractivity contribution is 5.85. The van der Waals surface area contributed by atoms with Crippen LogP contribution in [0.15, 0.2) is 91.8 Å². The fourth-order valence-corrected chi connectivity index (χ4v) is 3.60. The van der Waals surface area contributed by atoms with Crippen molar-refractivity contribution in [1.29, 1.82) is 0 Å². The molecule has 5 aromatic heterocycles. The zero-order valence-electron chi connectivity index (χ0n) is 15.8. The summed E-state index contributed by atoms with van der Waals surface area (Å²) in [7, 11) is 0. The molecule has 0 unspecified atom stereocenters. The Bertz CT molecular complexity index is 1440. The third-order valence-corrected chi connectivity index (χ3v) is 5.14. The topological polar surface area (TPSA) is 68.3 Å². The molecule has 0 atom stereocenters. The van der Waals surface area contributed by atoms with E-state index in [0.717, 1.165) is 49.9 Å². The Balaban J connectivity index is 1.41. The molecule has 6 heteroatoms. The summed E-state index contributed by atoms with van der Waals surface area (Å²) in [6.07, 6.45) is 11.0. The van der Waals surface area contributed by atoms with Crippen LogP contribution < -0.4 is 4.57 Å². The van der Waals surface area contributed by atoms with E-state index in [-0.39, 0.29) is 0 Å². The fraction of sp³-hybridized carbons (Fsp3) is 0. The largest absolute Gasteiger partial charge is 0.330 e. The predicted octanol–water partition coefficient (Wildman–Crippen LogP) is 4.06. The number of aromatic nitrogens is 6. The summed E-state index contributed by atoms with van der Waals surface area (Å²) in [4.78, 5) is 22.4. The molecule has 0 saturated heterocycles. The maximum Gasteiger partial charge on any atom is 0.330 e. The van der Waals surface area contributed by atoms with Crippen molar-refractivity contribution in [2.75, 3.05) is 0 Å². The van der Waals surface area contributed by atoms with Crippen LogP contribution in [0.1, 0.15) is 0 Å². The van der Waals surface area contributed by atoms with Crippen LogP contribution in [0, 0.1) is 0 Å². The van der Waals surface area contributed by atoms with Crippen molar-refractivity contribution in [3.63, 3.8) is 0 Å². The van der Waals surface area contributed by atoms with Gasteiger partial charge in [0.1, 0.15) is 11.7 Å². The fourth-order valence-electron chi connectivity index (χ4n) is 3.60. The maximum absolute atomic E-state index is 4.69. The first kappa shape index (κ1) is 16.6. The smallest absolute Gasteiger partial charge is 0.253 e. The van der Waals surface area contributed by atoms with Crippen LogP contribution >= 0.6 is 0 Å². The van der Waals surface area contributed by atoms with Crippen LogP contribution in [0.25, 0.3) is 49.9 Å². The van der Waals surface area contributed by atoms with Gasteiger partial charge in [-0.2, -0.15) is 0 Å². The molecule has 1 aromatic carbocycles. The number of benzene rings is 1. The second kappa shape index (κ2) is 6.63. The molecule has 6 aromatic rings. The van der Waals surface area contributed by atoms with Crippen LogP contribution in [-0.4, -0.2) is 24.9 Å². The zero-order valence-corrected chi connectivity index (χ0v) is 15.8. The van der Waals surface area contributed by atoms with Crippen LogP contribution in [0.5, 0.6) is 0 Å². The van der Waals surface area contributed by atoms with Crippen LogP contribution in [-0.2, 0) is 0 Å². The van der Waals surface area contributed by atoms with E-state index >= 15 is 0 Å². The Morgan fingerprint density at radius 1 is 0.633 bits per heavy atom. The number of nitrogens with zero attached hydrogens (tertiary/aromatic N) is 6. The Morgan fingerprint density at radius 2 is 1.57 bits per heavy atom. The maximum atomic E-state index is 4.69. The van der Waals surface area contributed by atoms with Crippen molar-refractivity contribution in [2.45, 2.75) is 0 Å². The van der Waals surface area contributed by atoms with Crippen molar-refractivity contribution in [3.8, 4) is 16.9 Å². The van der Waals surface area contributed by atoms with Crippen LogP contribution in [0.2, 0.25) is 0 Å². The molecule has 30 heavy (non-hydrogen) atoms. The molecule has 0 radical (unpaired) electrons. The van der Waals surface area contributed by atoms with Crippen molar-refractivity contribution < 1.29 is 4.57 Å².